The third-order valence-electron chi connectivity index (χ3n) is 25.2. The maximum atomic E-state index is 9.96. The molecule has 24 aromatic rings. The van der Waals surface area contributed by atoms with Crippen molar-refractivity contribution in [2.24, 2.45) is 0 Å². The zero-order chi connectivity index (χ0) is 83.9. The average Bonchev–Trinajstić information content (AvgIpc) is 1.55. The van der Waals surface area contributed by atoms with Crippen molar-refractivity contribution in [3.8, 4) is 89.5 Å². The van der Waals surface area contributed by atoms with Gasteiger partial charge in [-0.25, -0.2) is 0 Å². The highest BCUT2D eigenvalue weighted by molar-refractivity contribution is 9.10. The maximum absolute atomic E-state index is 9.96. The zero-order valence-corrected chi connectivity index (χ0v) is 69.5. The number of alkyl halides is 1. The number of nitrogens with one attached hydrogen (secondary N) is 2. The smallest absolute Gasteiger partial charge is 0.0785 e. The van der Waals surface area contributed by atoms with Crippen molar-refractivity contribution in [2.45, 2.75) is 0 Å². The van der Waals surface area contributed by atoms with Crippen molar-refractivity contribution in [1.82, 2.24) is 19.1 Å². The van der Waals surface area contributed by atoms with Crippen molar-refractivity contribution in [2.75, 3.05) is 17.0 Å². The highest BCUT2D eigenvalue weighted by Crippen LogP contribution is 2.55. The summed E-state index contributed by atoms with van der Waals surface area (Å²) in [5.41, 5.74) is 32.8. The second-order valence-electron chi connectivity index (χ2n) is 32.1. The van der Waals surface area contributed by atoms with Crippen LogP contribution < -0.4 is 9.80 Å². The van der Waals surface area contributed by atoms with Crippen LogP contribution in [0.3, 0.4) is 0 Å². The quantitative estimate of drug-likeness (QED) is 0.121. The molecule has 0 aliphatic heterocycles. The number of halogens is 2. The molecule has 0 radical (unpaired) electrons. The first-order valence-corrected chi connectivity index (χ1v) is 43.1. The molecular formula is C117H78BrFN6. The number of aromatic amines is 2. The van der Waals surface area contributed by atoms with Gasteiger partial charge in [-0.2, -0.15) is 0 Å². The van der Waals surface area contributed by atoms with Gasteiger partial charge in [-0.3, -0.25) is 4.39 Å². The number of nitrogens with zero attached hydrogens (tertiary/aromatic N) is 4. The van der Waals surface area contributed by atoms with Gasteiger partial charge in [0, 0.05) is 110 Å². The topological polar surface area (TPSA) is 47.9 Å². The summed E-state index contributed by atoms with van der Waals surface area (Å²) in [6.45, 7) is 0. The summed E-state index contributed by atoms with van der Waals surface area (Å²) in [5, 5.41) is 17.1. The van der Waals surface area contributed by atoms with E-state index in [0.717, 1.165) is 72.0 Å². The molecule has 1 aliphatic carbocycles. The minimum absolute atomic E-state index is 1.00. The Morgan fingerprint density at radius 2 is 0.632 bits per heavy atom. The van der Waals surface area contributed by atoms with Crippen LogP contribution in [0.15, 0.2) is 447 Å². The molecule has 0 bridgehead atoms. The van der Waals surface area contributed by atoms with E-state index in [2.05, 4.69) is 488 Å². The molecule has 0 atom stereocenters. The largest absolute Gasteiger partial charge is 0.354 e. The lowest BCUT2D eigenvalue weighted by atomic mass is 9.97. The number of benzene rings is 20. The first-order chi connectivity index (χ1) is 62.3. The predicted octanol–water partition coefficient (Wildman–Crippen LogP) is 33.4. The van der Waals surface area contributed by atoms with E-state index in [1.807, 2.05) is 0 Å². The van der Waals surface area contributed by atoms with Crippen LogP contribution in [0.25, 0.3) is 198 Å². The van der Waals surface area contributed by atoms with Crippen molar-refractivity contribution in [1.29, 1.82) is 0 Å². The Morgan fingerprint density at radius 1 is 0.256 bits per heavy atom. The molecular weight excluding hydrogens is 1590 g/mol. The van der Waals surface area contributed by atoms with E-state index in [-0.39, 0.29) is 0 Å². The molecule has 20 aromatic carbocycles. The van der Waals surface area contributed by atoms with E-state index in [4.69, 9.17) is 1.37 Å². The predicted molar refractivity (Wildman–Crippen MR) is 531 cm³/mol. The Morgan fingerprint density at radius 3 is 1.16 bits per heavy atom. The summed E-state index contributed by atoms with van der Waals surface area (Å²) in [5.74, 6) is 0. The number of para-hydroxylation sites is 4. The van der Waals surface area contributed by atoms with E-state index in [1.54, 1.807) is 0 Å². The minimum Gasteiger partial charge on any atom is -0.354 e. The zero-order valence-electron chi connectivity index (χ0n) is 68.9. The van der Waals surface area contributed by atoms with Crippen molar-refractivity contribution >= 4 is 159 Å². The van der Waals surface area contributed by atoms with E-state index in [0.29, 0.717) is 0 Å². The van der Waals surface area contributed by atoms with Gasteiger partial charge in [0.15, 0.2) is 0 Å². The van der Waals surface area contributed by atoms with Gasteiger partial charge in [0.25, 0.3) is 0 Å². The van der Waals surface area contributed by atoms with Crippen LogP contribution in [0.2, 0.25) is 0 Å². The van der Waals surface area contributed by atoms with E-state index in [9.17, 15) is 4.39 Å². The third kappa shape index (κ3) is 12.7. The van der Waals surface area contributed by atoms with Gasteiger partial charge >= 0.3 is 0 Å². The Balaban J connectivity index is 0.000000141. The molecule has 8 heteroatoms. The number of hydrogen-bond donors (Lipinski definition) is 2. The number of aromatic nitrogens is 4. The molecule has 0 spiro atoms. The van der Waals surface area contributed by atoms with Crippen LogP contribution in [0.5, 0.6) is 0 Å². The fourth-order valence-electron chi connectivity index (χ4n) is 19.4. The first kappa shape index (κ1) is 73.1. The average molecular weight is 1670 g/mol. The molecule has 25 rings (SSSR count). The first-order valence-electron chi connectivity index (χ1n) is 43.0. The maximum Gasteiger partial charge on any atom is 0.0785 e. The Kier molecular flexibility index (Phi) is 18.1. The van der Waals surface area contributed by atoms with Gasteiger partial charge in [-0.15, -0.1) is 0 Å². The fourth-order valence-corrected chi connectivity index (χ4v) is 20.1. The number of rotatable bonds is 13. The van der Waals surface area contributed by atoms with Crippen LogP contribution in [0.4, 0.5) is 38.5 Å². The van der Waals surface area contributed by atoms with Gasteiger partial charge < -0.3 is 28.9 Å². The van der Waals surface area contributed by atoms with Crippen LogP contribution in [-0.2, 0) is 0 Å². The van der Waals surface area contributed by atoms with Crippen LogP contribution >= 0.6 is 15.9 Å². The van der Waals surface area contributed by atoms with Crippen LogP contribution in [0, 0.1) is 0 Å². The summed E-state index contributed by atoms with van der Waals surface area (Å²) in [6.07, 6.45) is 0. The number of hydrogen-bond acceptors (Lipinski definition) is 2. The van der Waals surface area contributed by atoms with Gasteiger partial charge in [-0.1, -0.05) is 309 Å². The Hall–Kier alpha value is -15.9. The lowest BCUT2D eigenvalue weighted by molar-refractivity contribution is 0.636. The molecule has 1 aliphatic rings. The third-order valence-corrected chi connectivity index (χ3v) is 26.1. The second-order valence-corrected chi connectivity index (χ2v) is 32.9. The summed E-state index contributed by atoms with van der Waals surface area (Å²) in [6, 6.07) is 161. The fraction of sp³-hybridized carbons (Fsp3) is 0.00855. The molecule has 0 amide bonds. The molecule has 125 heavy (non-hydrogen) atoms. The van der Waals surface area contributed by atoms with E-state index >= 15 is 0 Å². The lowest BCUT2D eigenvalue weighted by Gasteiger charge is -2.28. The molecule has 0 fully saturated rings. The van der Waals surface area contributed by atoms with Gasteiger partial charge in [0.2, 0.25) is 0 Å². The van der Waals surface area contributed by atoms with Crippen molar-refractivity contribution in [3.05, 3.63) is 447 Å². The van der Waals surface area contributed by atoms with E-state index < -0.39 is 7.15 Å². The van der Waals surface area contributed by atoms with Crippen molar-refractivity contribution < 1.29 is 5.76 Å². The molecule has 0 unspecified atom stereocenters. The number of fused-ring (bicyclic) bond motifs is 15. The molecule has 590 valence electrons. The molecule has 0 saturated carbocycles. The Bertz CT molecular complexity index is 8350. The van der Waals surface area contributed by atoms with E-state index in [1.165, 1.54) is 165 Å². The van der Waals surface area contributed by atoms with Gasteiger partial charge in [-0.05, 0) is 226 Å². The molecule has 6 nitrogen and oxygen atoms in total. The SMILES string of the molecule is Brc1c(-c2ccc(N(c3ccc(-c4ccccc4)cc3)c3ccc4ccccc4c3)c3ccccc23)[nH]c2ccc(-c3ccc4c5ccccc5n(-c5ccccc5)c4c3)cc12.[2H]CF.c1ccc(-c2ccc(N(c3ccc4ccccc4c3)c3ccc4c5c(cccc35)-c3c-4[nH]c4ccc(-c5ccc6c7ccccc7n(-c7ccccc7)c6c5)cc34)cc2)cc1. The van der Waals surface area contributed by atoms with Gasteiger partial charge in [0.05, 0.1) is 57.8 Å². The molecule has 2 N–H and O–H groups in total. The molecule has 4 heterocycles. The summed E-state index contributed by atoms with van der Waals surface area (Å²) in [4.78, 5) is 12.5. The molecule has 4 aromatic heterocycles. The monoisotopic (exact) mass is 1670 g/mol. The standard InChI is InChI=1S/C58H38BrN3.C58H37N3.CH3F/c59-57-52-36-42(43-26-31-50-49-21-11-12-22-54(49)62(56(50)37-43)44-17-5-2-6-18-44)27-33-53(52)60-58(57)51-32-34-55(48-20-10-9-19-47(48)51)61(46-30-25-39-15-7-8-16-41(39)35-46)45-28-23-40(24-29-45)38-13-3-1-4-14-38;1-3-12-37(13-4-1)39-22-27-44(28-23-39)60(45-29-24-38-14-7-8-15-40(38)34-45)54-33-31-50-56-48(54)19-11-20-49(56)57-51-35-41(26-32-52(51)59-58(50)57)42-25-30-47-46-18-9-10-21-53(46)61(55(47)36-42)43-16-5-2-6-17-43;1-2/h1-37,60H;1-36,59H;1H3/i;;1D. The Labute approximate surface area is 732 Å². The highest BCUT2D eigenvalue weighted by Gasteiger charge is 2.30. The number of anilines is 6. The van der Waals surface area contributed by atoms with Gasteiger partial charge in [0.1, 0.15) is 0 Å². The molecule has 0 saturated heterocycles. The van der Waals surface area contributed by atoms with Crippen LogP contribution in [-0.4, -0.2) is 26.3 Å². The minimum atomic E-state index is -1.00. The summed E-state index contributed by atoms with van der Waals surface area (Å²) < 4.78 is 21.3. The second kappa shape index (κ2) is 31.0. The number of H-pyrrole nitrogens is 2. The lowest BCUT2D eigenvalue weighted by Crippen LogP contribution is -2.10. The van der Waals surface area contributed by atoms with Crippen LogP contribution in [0.1, 0.15) is 1.37 Å². The highest BCUT2D eigenvalue weighted by atomic mass is 79.9. The summed E-state index contributed by atoms with van der Waals surface area (Å²) in [7, 11) is -1.00. The normalized spacial score (nSPS) is 11.7. The summed E-state index contributed by atoms with van der Waals surface area (Å²) >= 11 is 4.11. The van der Waals surface area contributed by atoms with Crippen molar-refractivity contribution in [3.63, 3.8) is 0 Å².